The maximum absolute atomic E-state index is 12.3. The number of hydrogen-bond donors (Lipinski definition) is 1. The lowest BCUT2D eigenvalue weighted by Crippen LogP contribution is -2.42. The molecule has 1 N–H and O–H groups in total. The summed E-state index contributed by atoms with van der Waals surface area (Å²) in [5, 5.41) is 7.32. The van der Waals surface area contributed by atoms with E-state index in [1.165, 1.54) is 0 Å². The van der Waals surface area contributed by atoms with Gasteiger partial charge in [0.1, 0.15) is 0 Å². The lowest BCUT2D eigenvalue weighted by atomic mass is 9.95. The molecule has 1 aliphatic rings. The van der Waals surface area contributed by atoms with Crippen molar-refractivity contribution < 1.29 is 9.53 Å². The first-order chi connectivity index (χ1) is 10.3. The minimum atomic E-state index is -0.0777. The molecule has 5 heteroatoms. The second-order valence-corrected chi connectivity index (χ2v) is 7.32. The van der Waals surface area contributed by atoms with Crippen LogP contribution >= 0.6 is 0 Å². The molecule has 1 atom stereocenters. The van der Waals surface area contributed by atoms with Gasteiger partial charge in [0.15, 0.2) is 0 Å². The molecule has 1 amide bonds. The highest BCUT2D eigenvalue weighted by Gasteiger charge is 2.28. The Bertz CT molecular complexity index is 520. The molecule has 0 bridgehead atoms. The Balaban J connectivity index is 1.91. The number of nitrogens with zero attached hydrogens (tertiary/aromatic N) is 2. The maximum atomic E-state index is 12.3. The summed E-state index contributed by atoms with van der Waals surface area (Å²) in [6, 6.07) is 0. The van der Waals surface area contributed by atoms with Crippen LogP contribution < -0.4 is 5.32 Å². The van der Waals surface area contributed by atoms with Crippen LogP contribution in [0.5, 0.6) is 0 Å². The predicted molar refractivity (Wildman–Crippen MR) is 86.9 cm³/mol. The summed E-state index contributed by atoms with van der Waals surface area (Å²) in [7, 11) is 0. The van der Waals surface area contributed by atoms with Crippen molar-refractivity contribution in [2.75, 3.05) is 6.54 Å². The Morgan fingerprint density at radius 2 is 2.27 bits per heavy atom. The topological polar surface area (TPSA) is 56.1 Å². The molecule has 0 aliphatic carbocycles. The molecule has 2 rings (SSSR count). The van der Waals surface area contributed by atoms with Crippen LogP contribution in [0.4, 0.5) is 0 Å². The molecule has 0 saturated carbocycles. The van der Waals surface area contributed by atoms with E-state index in [0.29, 0.717) is 18.0 Å². The number of amides is 1. The average molecular weight is 307 g/mol. The lowest BCUT2D eigenvalue weighted by molar-refractivity contribution is -0.104. The maximum Gasteiger partial charge on any atom is 0.254 e. The minimum Gasteiger partial charge on any atom is -0.371 e. The number of rotatable bonds is 5. The van der Waals surface area contributed by atoms with Crippen LogP contribution in [0, 0.1) is 12.8 Å². The van der Waals surface area contributed by atoms with Gasteiger partial charge in [-0.3, -0.25) is 9.48 Å². The Morgan fingerprint density at radius 3 is 2.91 bits per heavy atom. The van der Waals surface area contributed by atoms with E-state index in [4.69, 9.17) is 4.74 Å². The molecule has 1 aromatic rings. The van der Waals surface area contributed by atoms with Gasteiger partial charge < -0.3 is 10.1 Å². The van der Waals surface area contributed by atoms with Gasteiger partial charge in [-0.15, -0.1) is 0 Å². The van der Waals surface area contributed by atoms with E-state index in [2.05, 4.69) is 38.1 Å². The van der Waals surface area contributed by atoms with Crippen LogP contribution in [0.1, 0.15) is 63.0 Å². The summed E-state index contributed by atoms with van der Waals surface area (Å²) in [6.07, 6.45) is 5.02. The molecule has 1 saturated heterocycles. The van der Waals surface area contributed by atoms with Gasteiger partial charge in [-0.25, -0.2) is 0 Å². The molecule has 1 aliphatic heterocycles. The number of aromatic nitrogens is 2. The third-order valence-corrected chi connectivity index (χ3v) is 4.17. The molecule has 0 radical (unpaired) electrons. The normalized spacial score (nSPS) is 21.1. The number of nitrogens with one attached hydrogen (secondary N) is 1. The molecule has 5 nitrogen and oxygen atoms in total. The molecule has 1 fully saturated rings. The highest BCUT2D eigenvalue weighted by atomic mass is 16.5. The Kier molecular flexibility index (Phi) is 5.27. The van der Waals surface area contributed by atoms with Crippen LogP contribution in [-0.2, 0) is 11.3 Å². The van der Waals surface area contributed by atoms with Crippen molar-refractivity contribution in [3.63, 3.8) is 0 Å². The SMILES string of the molecule is Cc1c(C(=O)NCC2CCCC(C)(C)O2)cnn1CC(C)C. The van der Waals surface area contributed by atoms with Gasteiger partial charge in [0.05, 0.1) is 23.5 Å². The second-order valence-electron chi connectivity index (χ2n) is 7.32. The number of ether oxygens (including phenoxy) is 1. The van der Waals surface area contributed by atoms with E-state index < -0.39 is 0 Å². The van der Waals surface area contributed by atoms with Crippen LogP contribution in [0.2, 0.25) is 0 Å². The summed E-state index contributed by atoms with van der Waals surface area (Å²) in [5.74, 6) is 0.451. The van der Waals surface area contributed by atoms with Gasteiger partial charge in [0.25, 0.3) is 5.91 Å². The van der Waals surface area contributed by atoms with E-state index in [9.17, 15) is 4.79 Å². The Hall–Kier alpha value is -1.36. The predicted octanol–water partition coefficient (Wildman–Crippen LogP) is 2.93. The largest absolute Gasteiger partial charge is 0.371 e. The minimum absolute atomic E-state index is 0.0560. The van der Waals surface area contributed by atoms with Crippen LogP contribution in [0.15, 0.2) is 6.20 Å². The molecule has 1 aromatic heterocycles. The second kappa shape index (κ2) is 6.82. The third kappa shape index (κ3) is 4.32. The number of carbonyl (C=O) groups excluding carboxylic acids is 1. The third-order valence-electron chi connectivity index (χ3n) is 4.17. The fourth-order valence-electron chi connectivity index (χ4n) is 2.97. The van der Waals surface area contributed by atoms with Crippen molar-refractivity contribution >= 4 is 5.91 Å². The van der Waals surface area contributed by atoms with E-state index in [1.54, 1.807) is 6.20 Å². The summed E-state index contributed by atoms with van der Waals surface area (Å²) in [5.41, 5.74) is 1.51. The Morgan fingerprint density at radius 1 is 1.55 bits per heavy atom. The van der Waals surface area contributed by atoms with Gasteiger partial charge in [-0.2, -0.15) is 5.10 Å². The zero-order valence-electron chi connectivity index (χ0n) is 14.5. The molecule has 22 heavy (non-hydrogen) atoms. The average Bonchev–Trinajstić information content (AvgIpc) is 2.76. The zero-order valence-corrected chi connectivity index (χ0v) is 14.5. The molecular formula is C17H29N3O2. The molecule has 2 heterocycles. The molecule has 0 aromatic carbocycles. The summed E-state index contributed by atoms with van der Waals surface area (Å²) >= 11 is 0. The smallest absolute Gasteiger partial charge is 0.254 e. The van der Waals surface area contributed by atoms with E-state index in [1.807, 2.05) is 11.6 Å². The zero-order chi connectivity index (χ0) is 16.3. The quantitative estimate of drug-likeness (QED) is 0.910. The van der Waals surface area contributed by atoms with Crippen LogP contribution in [-0.4, -0.2) is 33.9 Å². The fraction of sp³-hybridized carbons (Fsp3) is 0.765. The lowest BCUT2D eigenvalue weighted by Gasteiger charge is -2.36. The van der Waals surface area contributed by atoms with Crippen molar-refractivity contribution in [1.82, 2.24) is 15.1 Å². The van der Waals surface area contributed by atoms with Gasteiger partial charge in [-0.1, -0.05) is 13.8 Å². The van der Waals surface area contributed by atoms with Crippen LogP contribution in [0.3, 0.4) is 0 Å². The van der Waals surface area contributed by atoms with E-state index >= 15 is 0 Å². The summed E-state index contributed by atoms with van der Waals surface area (Å²) in [4.78, 5) is 12.3. The van der Waals surface area contributed by atoms with Crippen molar-refractivity contribution in [3.8, 4) is 0 Å². The molecule has 1 unspecified atom stereocenters. The van der Waals surface area contributed by atoms with E-state index in [0.717, 1.165) is 31.5 Å². The molecule has 0 spiro atoms. The first kappa shape index (κ1) is 17.0. The Labute approximate surface area is 133 Å². The number of carbonyl (C=O) groups is 1. The first-order valence-corrected chi connectivity index (χ1v) is 8.27. The van der Waals surface area contributed by atoms with Gasteiger partial charge in [0.2, 0.25) is 0 Å². The van der Waals surface area contributed by atoms with Crippen molar-refractivity contribution in [2.24, 2.45) is 5.92 Å². The first-order valence-electron chi connectivity index (χ1n) is 8.27. The van der Waals surface area contributed by atoms with Crippen molar-refractivity contribution in [3.05, 3.63) is 17.5 Å². The monoisotopic (exact) mass is 307 g/mol. The van der Waals surface area contributed by atoms with Gasteiger partial charge in [-0.05, 0) is 46.0 Å². The van der Waals surface area contributed by atoms with Gasteiger partial charge in [0, 0.05) is 18.8 Å². The fourth-order valence-corrected chi connectivity index (χ4v) is 2.97. The van der Waals surface area contributed by atoms with Crippen molar-refractivity contribution in [1.29, 1.82) is 0 Å². The molecular weight excluding hydrogens is 278 g/mol. The summed E-state index contributed by atoms with van der Waals surface area (Å²) in [6.45, 7) is 11.9. The van der Waals surface area contributed by atoms with E-state index in [-0.39, 0.29) is 17.6 Å². The highest BCUT2D eigenvalue weighted by Crippen LogP contribution is 2.27. The number of hydrogen-bond acceptors (Lipinski definition) is 3. The standard InChI is InChI=1S/C17H29N3O2/c1-12(2)11-20-13(3)15(10-19-20)16(21)18-9-14-7-6-8-17(4,5)22-14/h10,12,14H,6-9,11H2,1-5H3,(H,18,21). The van der Waals surface area contributed by atoms with Crippen LogP contribution in [0.25, 0.3) is 0 Å². The molecule has 124 valence electrons. The highest BCUT2D eigenvalue weighted by molar-refractivity contribution is 5.95. The van der Waals surface area contributed by atoms with Gasteiger partial charge >= 0.3 is 0 Å². The summed E-state index contributed by atoms with van der Waals surface area (Å²) < 4.78 is 7.92. The van der Waals surface area contributed by atoms with Crippen molar-refractivity contribution in [2.45, 2.75) is 72.1 Å².